The van der Waals surface area contributed by atoms with Crippen LogP contribution in [0.1, 0.15) is 65.0 Å². The number of phenolic OH excluding ortho intramolecular Hbond substituents is 1. The molecule has 2 unspecified atom stereocenters. The molecule has 5 nitrogen and oxygen atoms in total. The Bertz CT molecular complexity index is 551. The van der Waals surface area contributed by atoms with Gasteiger partial charge in [0.25, 0.3) is 0 Å². The molecule has 0 saturated carbocycles. The van der Waals surface area contributed by atoms with E-state index in [4.69, 9.17) is 4.74 Å². The van der Waals surface area contributed by atoms with Gasteiger partial charge in [0.05, 0.1) is 0 Å². The number of carbonyl (C=O) groups is 1. The van der Waals surface area contributed by atoms with Crippen molar-refractivity contribution in [3.63, 3.8) is 0 Å². The molecule has 2 N–H and O–H groups in total. The van der Waals surface area contributed by atoms with E-state index in [9.17, 15) is 9.90 Å². The summed E-state index contributed by atoms with van der Waals surface area (Å²) in [5.41, 5.74) is 0.737. The molecule has 1 aliphatic rings. The topological polar surface area (TPSA) is 61.8 Å². The summed E-state index contributed by atoms with van der Waals surface area (Å²) in [5.74, 6) is 0.293. The maximum atomic E-state index is 12.3. The van der Waals surface area contributed by atoms with Gasteiger partial charge in [0.2, 0.25) is 0 Å². The van der Waals surface area contributed by atoms with E-state index in [-0.39, 0.29) is 12.1 Å². The van der Waals surface area contributed by atoms with Gasteiger partial charge in [0.1, 0.15) is 11.4 Å². The molecule has 0 aliphatic carbocycles. The molecule has 1 fully saturated rings. The molecular formula is C20H32N2O3. The molecule has 140 valence electrons. The second-order valence-electron chi connectivity index (χ2n) is 7.81. The molecular weight excluding hydrogens is 316 g/mol. The van der Waals surface area contributed by atoms with E-state index < -0.39 is 5.60 Å². The summed E-state index contributed by atoms with van der Waals surface area (Å²) in [6.45, 7) is 9.33. The molecule has 5 heteroatoms. The summed E-state index contributed by atoms with van der Waals surface area (Å²) in [6.07, 6.45) is 3.72. The number of hydrogen-bond acceptors (Lipinski definition) is 4. The minimum absolute atomic E-state index is 0.210. The van der Waals surface area contributed by atoms with Crippen molar-refractivity contribution in [3.8, 4) is 5.75 Å². The number of nitrogens with one attached hydrogen (secondary N) is 1. The van der Waals surface area contributed by atoms with Gasteiger partial charge in [0, 0.05) is 25.2 Å². The third-order valence-corrected chi connectivity index (χ3v) is 4.52. The Morgan fingerprint density at radius 2 is 1.96 bits per heavy atom. The first kappa shape index (κ1) is 19.6. The summed E-state index contributed by atoms with van der Waals surface area (Å²) in [4.78, 5) is 14.1. The fourth-order valence-electron chi connectivity index (χ4n) is 3.21. The van der Waals surface area contributed by atoms with Crippen molar-refractivity contribution < 1.29 is 14.6 Å². The highest BCUT2D eigenvalue weighted by Gasteiger charge is 2.26. The van der Waals surface area contributed by atoms with Gasteiger partial charge >= 0.3 is 6.09 Å². The zero-order valence-electron chi connectivity index (χ0n) is 15.9. The van der Waals surface area contributed by atoms with Gasteiger partial charge in [-0.1, -0.05) is 19.1 Å². The van der Waals surface area contributed by atoms with E-state index >= 15 is 0 Å². The highest BCUT2D eigenvalue weighted by Crippen LogP contribution is 2.23. The Labute approximate surface area is 151 Å². The Morgan fingerprint density at radius 1 is 1.28 bits per heavy atom. The number of rotatable bonds is 4. The second-order valence-corrected chi connectivity index (χ2v) is 7.81. The number of likely N-dealkylation sites (tertiary alicyclic amines) is 1. The minimum Gasteiger partial charge on any atom is -0.508 e. The first-order chi connectivity index (χ1) is 11.8. The lowest BCUT2D eigenvalue weighted by molar-refractivity contribution is 0.0256. The van der Waals surface area contributed by atoms with Crippen LogP contribution in [0.4, 0.5) is 4.79 Å². The van der Waals surface area contributed by atoms with E-state index in [1.54, 1.807) is 12.1 Å². The number of ether oxygens (including phenoxy) is 1. The Morgan fingerprint density at radius 3 is 2.56 bits per heavy atom. The molecule has 1 aromatic carbocycles. The molecule has 1 amide bonds. The van der Waals surface area contributed by atoms with Crippen LogP contribution < -0.4 is 5.32 Å². The quantitative estimate of drug-likeness (QED) is 0.855. The van der Waals surface area contributed by atoms with E-state index in [1.807, 2.05) is 37.8 Å². The number of nitrogens with zero attached hydrogens (tertiary/aromatic N) is 1. The predicted molar refractivity (Wildman–Crippen MR) is 99.7 cm³/mol. The average Bonchev–Trinajstić information content (AvgIpc) is 2.77. The molecule has 0 bridgehead atoms. The van der Waals surface area contributed by atoms with Gasteiger partial charge in [-0.3, -0.25) is 0 Å². The average molecular weight is 348 g/mol. The molecule has 1 saturated heterocycles. The highest BCUT2D eigenvalue weighted by molar-refractivity contribution is 5.68. The second kappa shape index (κ2) is 8.56. The molecule has 0 aromatic heterocycles. The van der Waals surface area contributed by atoms with Crippen molar-refractivity contribution in [2.24, 2.45) is 0 Å². The van der Waals surface area contributed by atoms with Crippen molar-refractivity contribution in [2.45, 2.75) is 71.1 Å². The molecule has 0 radical (unpaired) electrons. The summed E-state index contributed by atoms with van der Waals surface area (Å²) < 4.78 is 5.49. The first-order valence-corrected chi connectivity index (χ1v) is 9.31. The van der Waals surface area contributed by atoms with Crippen molar-refractivity contribution >= 4 is 6.09 Å². The SMILES string of the molecule is CCC(NC1CCCN(C(=O)OC(C)(C)C)CC1)c1ccc(O)cc1. The third kappa shape index (κ3) is 6.24. The summed E-state index contributed by atoms with van der Waals surface area (Å²) >= 11 is 0. The highest BCUT2D eigenvalue weighted by atomic mass is 16.6. The van der Waals surface area contributed by atoms with Crippen LogP contribution in [0.15, 0.2) is 24.3 Å². The largest absolute Gasteiger partial charge is 0.508 e. The van der Waals surface area contributed by atoms with Crippen molar-refractivity contribution in [3.05, 3.63) is 29.8 Å². The maximum absolute atomic E-state index is 12.3. The number of hydrogen-bond donors (Lipinski definition) is 2. The van der Waals surface area contributed by atoms with Crippen LogP contribution in [0.2, 0.25) is 0 Å². The molecule has 2 rings (SSSR count). The summed E-state index contributed by atoms with van der Waals surface area (Å²) in [6, 6.07) is 8.05. The van der Waals surface area contributed by atoms with Gasteiger partial charge in [0.15, 0.2) is 0 Å². The lowest BCUT2D eigenvalue weighted by Crippen LogP contribution is -2.38. The number of aromatic hydroxyl groups is 1. The fourth-order valence-corrected chi connectivity index (χ4v) is 3.21. The zero-order chi connectivity index (χ0) is 18.4. The van der Waals surface area contributed by atoms with Crippen LogP contribution in [-0.2, 0) is 4.74 Å². The molecule has 1 aromatic rings. The zero-order valence-corrected chi connectivity index (χ0v) is 15.9. The van der Waals surface area contributed by atoms with Gasteiger partial charge in [-0.2, -0.15) is 0 Å². The van der Waals surface area contributed by atoms with Gasteiger partial charge in [-0.05, 0) is 64.2 Å². The Kier molecular flexibility index (Phi) is 6.71. The van der Waals surface area contributed by atoms with Crippen LogP contribution >= 0.6 is 0 Å². The number of phenols is 1. The van der Waals surface area contributed by atoms with Crippen molar-refractivity contribution in [1.29, 1.82) is 0 Å². The molecule has 0 spiro atoms. The maximum Gasteiger partial charge on any atom is 0.410 e. The standard InChI is InChI=1S/C20H32N2O3/c1-5-18(15-8-10-17(23)11-9-15)21-16-7-6-13-22(14-12-16)19(24)25-20(2,3)4/h8-11,16,18,21,23H,5-7,12-14H2,1-4H3. The van der Waals surface area contributed by atoms with Gasteiger partial charge in [-0.15, -0.1) is 0 Å². The molecule has 2 atom stereocenters. The molecule has 1 heterocycles. The van der Waals surface area contributed by atoms with Gasteiger partial charge in [-0.25, -0.2) is 4.79 Å². The fraction of sp³-hybridized carbons (Fsp3) is 0.650. The Balaban J connectivity index is 1.91. The monoisotopic (exact) mass is 348 g/mol. The smallest absolute Gasteiger partial charge is 0.410 e. The van der Waals surface area contributed by atoms with E-state index in [0.29, 0.717) is 11.8 Å². The lowest BCUT2D eigenvalue weighted by Gasteiger charge is -2.27. The summed E-state index contributed by atoms with van der Waals surface area (Å²) in [5, 5.41) is 13.2. The van der Waals surface area contributed by atoms with Crippen LogP contribution in [0.3, 0.4) is 0 Å². The van der Waals surface area contributed by atoms with Crippen LogP contribution in [0.5, 0.6) is 5.75 Å². The minimum atomic E-state index is -0.451. The first-order valence-electron chi connectivity index (χ1n) is 9.31. The van der Waals surface area contributed by atoms with Crippen molar-refractivity contribution in [1.82, 2.24) is 10.2 Å². The Hall–Kier alpha value is -1.75. The lowest BCUT2D eigenvalue weighted by atomic mass is 10.0. The van der Waals surface area contributed by atoms with Crippen molar-refractivity contribution in [2.75, 3.05) is 13.1 Å². The predicted octanol–water partition coefficient (Wildman–Crippen LogP) is 4.22. The summed E-state index contributed by atoms with van der Waals surface area (Å²) in [7, 11) is 0. The van der Waals surface area contributed by atoms with Gasteiger partial charge < -0.3 is 20.1 Å². The third-order valence-electron chi connectivity index (χ3n) is 4.52. The van der Waals surface area contributed by atoms with E-state index in [1.165, 1.54) is 5.56 Å². The molecule has 1 aliphatic heterocycles. The molecule has 25 heavy (non-hydrogen) atoms. The number of amides is 1. The number of carbonyl (C=O) groups excluding carboxylic acids is 1. The van der Waals surface area contributed by atoms with E-state index in [2.05, 4.69) is 12.2 Å². The van der Waals surface area contributed by atoms with Crippen LogP contribution in [0, 0.1) is 0 Å². The van der Waals surface area contributed by atoms with Crippen LogP contribution in [-0.4, -0.2) is 40.8 Å². The normalized spacial score (nSPS) is 20.0. The van der Waals surface area contributed by atoms with E-state index in [0.717, 1.165) is 38.8 Å². The van der Waals surface area contributed by atoms with Crippen LogP contribution in [0.25, 0.3) is 0 Å². The number of benzene rings is 1.